The Hall–Kier alpha value is -2.48. The van der Waals surface area contributed by atoms with Gasteiger partial charge in [0.15, 0.2) is 10.9 Å². The van der Waals surface area contributed by atoms with Gasteiger partial charge >= 0.3 is 0 Å². The van der Waals surface area contributed by atoms with E-state index in [0.29, 0.717) is 10.8 Å². The van der Waals surface area contributed by atoms with E-state index in [0.717, 1.165) is 21.5 Å². The van der Waals surface area contributed by atoms with Gasteiger partial charge in [-0.3, -0.25) is 9.59 Å². The Morgan fingerprint density at radius 2 is 0.889 bits per heavy atom. The molecule has 0 saturated heterocycles. The zero-order chi connectivity index (χ0) is 12.3. The molecule has 0 aliphatic rings. The number of rotatable bonds is 0. The predicted octanol–water partition coefficient (Wildman–Crippen LogP) is 2.74. The maximum Gasteiger partial charge on any atom is 0.186 e. The van der Waals surface area contributed by atoms with Crippen LogP contribution < -0.4 is 10.9 Å². The van der Waals surface area contributed by atoms with Crippen LogP contribution in [0.2, 0.25) is 0 Å². The molecule has 4 aromatic carbocycles. The Balaban J connectivity index is 2.53. The van der Waals surface area contributed by atoms with Crippen molar-refractivity contribution in [2.24, 2.45) is 0 Å². The molecular formula is C16H8O2. The molecule has 0 heterocycles. The van der Waals surface area contributed by atoms with Crippen LogP contribution in [0.4, 0.5) is 0 Å². The highest BCUT2D eigenvalue weighted by Gasteiger charge is 2.15. The Labute approximate surface area is 102 Å². The van der Waals surface area contributed by atoms with Gasteiger partial charge in [-0.25, -0.2) is 0 Å². The van der Waals surface area contributed by atoms with Crippen LogP contribution in [0, 0.1) is 0 Å². The molecule has 0 aliphatic heterocycles. The molecule has 0 N–H and O–H groups in total. The molecule has 0 atom stereocenters. The first-order valence-electron chi connectivity index (χ1n) is 5.81. The van der Waals surface area contributed by atoms with E-state index in [-0.39, 0.29) is 10.9 Å². The van der Waals surface area contributed by atoms with Gasteiger partial charge in [0.05, 0.1) is 0 Å². The van der Waals surface area contributed by atoms with Crippen LogP contribution in [0.15, 0.2) is 58.1 Å². The lowest BCUT2D eigenvalue weighted by atomic mass is 9.89. The lowest BCUT2D eigenvalue weighted by Gasteiger charge is -2.13. The van der Waals surface area contributed by atoms with Crippen LogP contribution in [0.25, 0.3) is 32.3 Å². The minimum absolute atomic E-state index is 0.0969. The standard InChI is InChI=1S/C16H8O2/c17-13-7-8-14(18)12-6-2-4-10-9-3-1-5-11(13)15(9)16(10)12/h1-8H. The summed E-state index contributed by atoms with van der Waals surface area (Å²) in [5.41, 5.74) is -0.194. The third kappa shape index (κ3) is 0.979. The zero-order valence-electron chi connectivity index (χ0n) is 9.44. The maximum atomic E-state index is 12.0. The monoisotopic (exact) mass is 232 g/mol. The van der Waals surface area contributed by atoms with Crippen LogP contribution >= 0.6 is 0 Å². The summed E-state index contributed by atoms with van der Waals surface area (Å²) in [4.78, 5) is 24.0. The molecule has 0 spiro atoms. The van der Waals surface area contributed by atoms with Crippen molar-refractivity contribution in [2.45, 2.75) is 0 Å². The van der Waals surface area contributed by atoms with Crippen molar-refractivity contribution in [1.82, 2.24) is 0 Å². The Kier molecular flexibility index (Phi) is 1.61. The smallest absolute Gasteiger partial charge is 0.186 e. The average Bonchev–Trinajstić information content (AvgIpc) is 2.38. The molecule has 4 rings (SSSR count). The van der Waals surface area contributed by atoms with E-state index in [9.17, 15) is 9.59 Å². The molecule has 18 heavy (non-hydrogen) atoms. The van der Waals surface area contributed by atoms with E-state index in [1.54, 1.807) is 0 Å². The van der Waals surface area contributed by atoms with E-state index in [2.05, 4.69) is 0 Å². The van der Waals surface area contributed by atoms with Crippen LogP contribution in [-0.4, -0.2) is 0 Å². The number of fused-ring (bicyclic) bond motifs is 1. The van der Waals surface area contributed by atoms with Crippen molar-refractivity contribution < 1.29 is 0 Å². The molecule has 84 valence electrons. The Bertz CT molecular complexity index is 919. The van der Waals surface area contributed by atoms with Gasteiger partial charge in [-0.15, -0.1) is 0 Å². The second-order valence-corrected chi connectivity index (χ2v) is 4.52. The molecule has 0 amide bonds. The molecular weight excluding hydrogens is 224 g/mol. The van der Waals surface area contributed by atoms with Gasteiger partial charge in [0.25, 0.3) is 0 Å². The fourth-order valence-corrected chi connectivity index (χ4v) is 2.77. The normalized spacial score (nSPS) is 11.8. The molecule has 0 fully saturated rings. The minimum Gasteiger partial charge on any atom is -0.289 e. The zero-order valence-corrected chi connectivity index (χ0v) is 9.44. The second kappa shape index (κ2) is 3.05. The first-order chi connectivity index (χ1) is 8.77. The van der Waals surface area contributed by atoms with Gasteiger partial charge in [0.2, 0.25) is 0 Å². The van der Waals surface area contributed by atoms with Crippen LogP contribution in [-0.2, 0) is 0 Å². The van der Waals surface area contributed by atoms with Gasteiger partial charge in [-0.1, -0.05) is 36.4 Å². The van der Waals surface area contributed by atoms with E-state index in [1.165, 1.54) is 12.1 Å². The van der Waals surface area contributed by atoms with E-state index < -0.39 is 0 Å². The molecule has 0 aliphatic carbocycles. The Morgan fingerprint density at radius 3 is 1.33 bits per heavy atom. The third-order valence-electron chi connectivity index (χ3n) is 3.59. The quantitative estimate of drug-likeness (QED) is 0.467. The predicted molar refractivity (Wildman–Crippen MR) is 73.9 cm³/mol. The van der Waals surface area contributed by atoms with E-state index >= 15 is 0 Å². The average molecular weight is 232 g/mol. The van der Waals surface area contributed by atoms with Crippen molar-refractivity contribution in [3.63, 3.8) is 0 Å². The first kappa shape index (κ1) is 9.54. The fourth-order valence-electron chi connectivity index (χ4n) is 2.77. The van der Waals surface area contributed by atoms with E-state index in [1.807, 2.05) is 36.4 Å². The topological polar surface area (TPSA) is 34.1 Å². The van der Waals surface area contributed by atoms with Crippen molar-refractivity contribution >= 4 is 32.3 Å². The molecule has 0 aromatic heterocycles. The molecule has 0 radical (unpaired) electrons. The number of hydrogen-bond acceptors (Lipinski definition) is 2. The minimum atomic E-state index is -0.0969. The summed E-state index contributed by atoms with van der Waals surface area (Å²) in [5, 5.41) is 5.39. The molecule has 4 aromatic rings. The summed E-state index contributed by atoms with van der Waals surface area (Å²) >= 11 is 0. The summed E-state index contributed by atoms with van der Waals surface area (Å²) in [7, 11) is 0. The van der Waals surface area contributed by atoms with Gasteiger partial charge in [0.1, 0.15) is 0 Å². The van der Waals surface area contributed by atoms with Crippen molar-refractivity contribution in [1.29, 1.82) is 0 Å². The number of hydrogen-bond donors (Lipinski definition) is 0. The largest absolute Gasteiger partial charge is 0.289 e. The highest BCUT2D eigenvalue weighted by Crippen LogP contribution is 2.38. The third-order valence-corrected chi connectivity index (χ3v) is 3.59. The van der Waals surface area contributed by atoms with E-state index in [4.69, 9.17) is 0 Å². The summed E-state index contributed by atoms with van der Waals surface area (Å²) < 4.78 is 0. The summed E-state index contributed by atoms with van der Waals surface area (Å²) in [6.07, 6.45) is 0. The van der Waals surface area contributed by atoms with Crippen LogP contribution in [0.5, 0.6) is 0 Å². The van der Waals surface area contributed by atoms with Gasteiger partial charge < -0.3 is 0 Å². The highest BCUT2D eigenvalue weighted by molar-refractivity contribution is 6.34. The molecule has 0 bridgehead atoms. The molecule has 0 unspecified atom stereocenters. The van der Waals surface area contributed by atoms with Crippen LogP contribution in [0.3, 0.4) is 0 Å². The summed E-state index contributed by atoms with van der Waals surface area (Å²) in [5.74, 6) is 0. The van der Waals surface area contributed by atoms with Crippen molar-refractivity contribution in [3.8, 4) is 0 Å². The highest BCUT2D eigenvalue weighted by atomic mass is 16.1. The lowest BCUT2D eigenvalue weighted by molar-refractivity contribution is 1.63. The summed E-state index contributed by atoms with van der Waals surface area (Å²) in [6, 6.07) is 14.1. The molecule has 2 heteroatoms. The maximum absolute atomic E-state index is 12.0. The summed E-state index contributed by atoms with van der Waals surface area (Å²) in [6.45, 7) is 0. The molecule has 2 nitrogen and oxygen atoms in total. The first-order valence-corrected chi connectivity index (χ1v) is 5.81. The SMILES string of the molecule is O=c1ccc(=O)c2cccc3c4cccc1c4c23. The van der Waals surface area contributed by atoms with Crippen LogP contribution in [0.1, 0.15) is 0 Å². The molecule has 0 saturated carbocycles. The number of benzene rings is 2. The fraction of sp³-hybridized carbons (Fsp3) is 0. The van der Waals surface area contributed by atoms with Crippen molar-refractivity contribution in [3.05, 3.63) is 69.0 Å². The van der Waals surface area contributed by atoms with Crippen molar-refractivity contribution in [2.75, 3.05) is 0 Å². The second-order valence-electron chi connectivity index (χ2n) is 4.52. The van der Waals surface area contributed by atoms with Gasteiger partial charge in [-0.2, -0.15) is 0 Å². The lowest BCUT2D eigenvalue weighted by Crippen LogP contribution is -2.06. The Morgan fingerprint density at radius 1 is 0.500 bits per heavy atom. The van der Waals surface area contributed by atoms with Gasteiger partial charge in [-0.05, 0) is 22.9 Å². The van der Waals surface area contributed by atoms with Gasteiger partial charge in [0, 0.05) is 21.5 Å².